The summed E-state index contributed by atoms with van der Waals surface area (Å²) in [4.78, 5) is 22.5. The molecule has 1 unspecified atom stereocenters. The van der Waals surface area contributed by atoms with Crippen LogP contribution in [0.15, 0.2) is 0 Å². The molecule has 17 heavy (non-hydrogen) atoms. The van der Waals surface area contributed by atoms with Gasteiger partial charge in [0.25, 0.3) is 0 Å². The fraction of sp³-hybridized carbons (Fsp3) is 0.833. The summed E-state index contributed by atoms with van der Waals surface area (Å²) >= 11 is 0. The number of amides is 1. The minimum atomic E-state index is -0.872. The van der Waals surface area contributed by atoms with Crippen LogP contribution in [0.5, 0.6) is 0 Å². The third-order valence-electron chi connectivity index (χ3n) is 3.40. The van der Waals surface area contributed by atoms with Crippen LogP contribution in [-0.4, -0.2) is 29.1 Å². The highest BCUT2D eigenvalue weighted by Crippen LogP contribution is 2.23. The zero-order valence-corrected chi connectivity index (χ0v) is 10.3. The number of hydrogen-bond acceptors (Lipinski definition) is 3. The number of nitrogens with two attached hydrogens (primary N) is 1. The fourth-order valence-corrected chi connectivity index (χ4v) is 2.21. The molecule has 0 aromatic carbocycles. The highest BCUT2D eigenvalue weighted by atomic mass is 16.4. The molecule has 0 heterocycles. The summed E-state index contributed by atoms with van der Waals surface area (Å²) in [7, 11) is 0. The molecular weight excluding hydrogens is 220 g/mol. The Morgan fingerprint density at radius 1 is 1.35 bits per heavy atom. The normalized spacial score (nSPS) is 26.2. The Hall–Kier alpha value is -1.10. The summed E-state index contributed by atoms with van der Waals surface area (Å²) in [6.07, 6.45) is 4.04. The molecule has 1 fully saturated rings. The minimum absolute atomic E-state index is 0.00548. The number of carboxylic acid groups (broad SMARTS) is 1. The topological polar surface area (TPSA) is 92.4 Å². The van der Waals surface area contributed by atoms with Crippen LogP contribution in [0.2, 0.25) is 0 Å². The van der Waals surface area contributed by atoms with Gasteiger partial charge < -0.3 is 16.2 Å². The number of carbonyl (C=O) groups is 2. The van der Waals surface area contributed by atoms with Gasteiger partial charge in [-0.05, 0) is 32.1 Å². The van der Waals surface area contributed by atoms with Crippen LogP contribution in [0.3, 0.4) is 0 Å². The summed E-state index contributed by atoms with van der Waals surface area (Å²) in [5.41, 5.74) is 5.78. The Labute approximate surface area is 102 Å². The summed E-state index contributed by atoms with van der Waals surface area (Å²) in [5, 5.41) is 11.5. The number of hydrogen-bond donors (Lipinski definition) is 3. The summed E-state index contributed by atoms with van der Waals surface area (Å²) in [6.45, 7) is 1.88. The predicted molar refractivity (Wildman–Crippen MR) is 64.4 cm³/mol. The first kappa shape index (κ1) is 14.0. The van der Waals surface area contributed by atoms with E-state index in [1.165, 1.54) is 0 Å². The van der Waals surface area contributed by atoms with Crippen molar-refractivity contribution in [2.75, 3.05) is 0 Å². The van der Waals surface area contributed by atoms with Crippen molar-refractivity contribution in [1.29, 1.82) is 0 Å². The molecule has 1 rings (SSSR count). The van der Waals surface area contributed by atoms with Gasteiger partial charge in [-0.3, -0.25) is 9.59 Å². The van der Waals surface area contributed by atoms with E-state index in [4.69, 9.17) is 10.8 Å². The second kappa shape index (κ2) is 6.59. The second-order valence-corrected chi connectivity index (χ2v) is 4.82. The van der Waals surface area contributed by atoms with E-state index in [2.05, 4.69) is 5.32 Å². The third-order valence-corrected chi connectivity index (χ3v) is 3.40. The van der Waals surface area contributed by atoms with Gasteiger partial charge in [0.15, 0.2) is 0 Å². The van der Waals surface area contributed by atoms with Crippen LogP contribution < -0.4 is 11.1 Å². The van der Waals surface area contributed by atoms with Crippen molar-refractivity contribution in [3.63, 3.8) is 0 Å². The van der Waals surface area contributed by atoms with E-state index in [-0.39, 0.29) is 30.3 Å². The maximum absolute atomic E-state index is 11.9. The Kier molecular flexibility index (Phi) is 5.41. The van der Waals surface area contributed by atoms with Gasteiger partial charge >= 0.3 is 5.97 Å². The average Bonchev–Trinajstić information content (AvgIpc) is 2.28. The molecule has 0 spiro atoms. The van der Waals surface area contributed by atoms with E-state index in [1.807, 2.05) is 6.92 Å². The van der Waals surface area contributed by atoms with E-state index >= 15 is 0 Å². The lowest BCUT2D eigenvalue weighted by atomic mass is 9.85. The van der Waals surface area contributed by atoms with E-state index in [1.54, 1.807) is 0 Å². The van der Waals surface area contributed by atoms with Crippen LogP contribution >= 0.6 is 0 Å². The number of carbonyl (C=O) groups excluding carboxylic acids is 1. The van der Waals surface area contributed by atoms with Crippen molar-refractivity contribution in [3.8, 4) is 0 Å². The van der Waals surface area contributed by atoms with E-state index in [0.29, 0.717) is 6.42 Å². The minimum Gasteiger partial charge on any atom is -0.481 e. The predicted octanol–water partition coefficient (Wildman–Crippen LogP) is 0.873. The monoisotopic (exact) mass is 242 g/mol. The van der Waals surface area contributed by atoms with Crippen LogP contribution in [0, 0.1) is 5.92 Å². The largest absolute Gasteiger partial charge is 0.481 e. The van der Waals surface area contributed by atoms with Crippen molar-refractivity contribution < 1.29 is 14.7 Å². The molecule has 1 aliphatic rings. The van der Waals surface area contributed by atoms with Crippen molar-refractivity contribution in [1.82, 2.24) is 5.32 Å². The van der Waals surface area contributed by atoms with Gasteiger partial charge in [-0.25, -0.2) is 0 Å². The zero-order chi connectivity index (χ0) is 12.8. The van der Waals surface area contributed by atoms with Gasteiger partial charge in [0.05, 0.1) is 6.42 Å². The molecule has 1 aliphatic carbocycles. The van der Waals surface area contributed by atoms with Gasteiger partial charge in [-0.1, -0.05) is 6.92 Å². The van der Waals surface area contributed by atoms with Crippen LogP contribution in [0.1, 0.15) is 45.4 Å². The second-order valence-electron chi connectivity index (χ2n) is 4.82. The zero-order valence-electron chi connectivity index (χ0n) is 10.3. The SMILES string of the molecule is CCC(CC(=O)O)NC(=O)C1CCC(N)CC1. The molecule has 1 atom stereocenters. The maximum atomic E-state index is 11.9. The molecule has 0 aromatic heterocycles. The van der Waals surface area contributed by atoms with Gasteiger partial charge in [0, 0.05) is 18.0 Å². The summed E-state index contributed by atoms with van der Waals surface area (Å²) in [6, 6.07) is -0.0318. The number of carboxylic acids is 1. The standard InChI is InChI=1S/C12H22N2O3/c1-2-10(7-11(15)16)14-12(17)8-3-5-9(13)6-4-8/h8-10H,2-7,13H2,1H3,(H,14,17)(H,15,16). The number of rotatable bonds is 5. The summed E-state index contributed by atoms with van der Waals surface area (Å²) < 4.78 is 0. The lowest BCUT2D eigenvalue weighted by molar-refractivity contribution is -0.137. The fourth-order valence-electron chi connectivity index (χ4n) is 2.21. The average molecular weight is 242 g/mol. The Balaban J connectivity index is 2.39. The number of aliphatic carboxylic acids is 1. The van der Waals surface area contributed by atoms with Crippen molar-refractivity contribution >= 4 is 11.9 Å². The quantitative estimate of drug-likeness (QED) is 0.667. The molecule has 0 radical (unpaired) electrons. The van der Waals surface area contributed by atoms with Crippen molar-refractivity contribution in [2.24, 2.45) is 11.7 Å². The molecule has 1 saturated carbocycles. The van der Waals surface area contributed by atoms with Crippen LogP contribution in [0.4, 0.5) is 0 Å². The maximum Gasteiger partial charge on any atom is 0.305 e. The van der Waals surface area contributed by atoms with Crippen LogP contribution in [-0.2, 0) is 9.59 Å². The highest BCUT2D eigenvalue weighted by molar-refractivity contribution is 5.79. The lowest BCUT2D eigenvalue weighted by Crippen LogP contribution is -2.42. The molecule has 0 bridgehead atoms. The van der Waals surface area contributed by atoms with Gasteiger partial charge in [0.1, 0.15) is 0 Å². The first-order chi connectivity index (χ1) is 8.02. The molecule has 0 aliphatic heterocycles. The van der Waals surface area contributed by atoms with E-state index < -0.39 is 5.97 Å². The molecule has 4 N–H and O–H groups in total. The van der Waals surface area contributed by atoms with E-state index in [0.717, 1.165) is 25.7 Å². The van der Waals surface area contributed by atoms with Crippen LogP contribution in [0.25, 0.3) is 0 Å². The van der Waals surface area contributed by atoms with Crippen molar-refractivity contribution in [3.05, 3.63) is 0 Å². The molecule has 1 amide bonds. The Bertz CT molecular complexity index is 273. The van der Waals surface area contributed by atoms with Gasteiger partial charge in [0.2, 0.25) is 5.91 Å². The Morgan fingerprint density at radius 2 is 1.94 bits per heavy atom. The molecule has 5 heteroatoms. The molecule has 98 valence electrons. The lowest BCUT2D eigenvalue weighted by Gasteiger charge is -2.26. The first-order valence-corrected chi connectivity index (χ1v) is 6.30. The third kappa shape index (κ3) is 4.73. The summed E-state index contributed by atoms with van der Waals surface area (Å²) in [5.74, 6) is -0.870. The van der Waals surface area contributed by atoms with Gasteiger partial charge in [-0.15, -0.1) is 0 Å². The Morgan fingerprint density at radius 3 is 2.41 bits per heavy atom. The molecular formula is C12H22N2O3. The smallest absolute Gasteiger partial charge is 0.305 e. The number of nitrogens with one attached hydrogen (secondary N) is 1. The van der Waals surface area contributed by atoms with Gasteiger partial charge in [-0.2, -0.15) is 0 Å². The van der Waals surface area contributed by atoms with E-state index in [9.17, 15) is 9.59 Å². The molecule has 0 aromatic rings. The molecule has 5 nitrogen and oxygen atoms in total. The first-order valence-electron chi connectivity index (χ1n) is 6.30. The molecule has 0 saturated heterocycles. The highest BCUT2D eigenvalue weighted by Gasteiger charge is 2.26. The van der Waals surface area contributed by atoms with Crippen molar-refractivity contribution in [2.45, 2.75) is 57.5 Å².